The molecule has 6 heteroatoms. The minimum atomic E-state index is -1.45. The summed E-state index contributed by atoms with van der Waals surface area (Å²) < 4.78 is 7.08. The SMILES string of the molecule is CC1=C(/C=C/c2cc(/C=C/C3=C(C)CCCC3(C)C)n(C3OC(O)C(O)C3O)n2)C(C)(C)CCC1. The fourth-order valence-corrected chi connectivity index (χ4v) is 6.04. The van der Waals surface area contributed by atoms with Crippen LogP contribution in [-0.2, 0) is 4.74 Å². The Morgan fingerprint density at radius 1 is 0.857 bits per heavy atom. The smallest absolute Gasteiger partial charge is 0.186 e. The second-order valence-electron chi connectivity index (χ2n) is 11.9. The second kappa shape index (κ2) is 9.81. The number of nitrogens with zero attached hydrogens (tertiary/aromatic N) is 2. The molecule has 1 aromatic rings. The maximum atomic E-state index is 10.5. The summed E-state index contributed by atoms with van der Waals surface area (Å²) in [5, 5.41) is 35.3. The van der Waals surface area contributed by atoms with Gasteiger partial charge in [-0.1, -0.05) is 51.0 Å². The number of hydrogen-bond acceptors (Lipinski definition) is 5. The predicted octanol–water partition coefficient (Wildman–Crippen LogP) is 5.53. The molecule has 1 saturated heterocycles. The molecule has 0 aromatic carbocycles. The van der Waals surface area contributed by atoms with Crippen molar-refractivity contribution in [2.24, 2.45) is 10.8 Å². The van der Waals surface area contributed by atoms with Crippen molar-refractivity contribution < 1.29 is 20.1 Å². The first-order valence-corrected chi connectivity index (χ1v) is 13.0. The summed E-state index contributed by atoms with van der Waals surface area (Å²) in [5.41, 5.74) is 7.21. The van der Waals surface area contributed by atoms with Gasteiger partial charge < -0.3 is 20.1 Å². The molecule has 2 aliphatic carbocycles. The molecule has 1 fully saturated rings. The van der Waals surface area contributed by atoms with Gasteiger partial charge in [-0.15, -0.1) is 0 Å². The van der Waals surface area contributed by atoms with Gasteiger partial charge in [0.2, 0.25) is 0 Å². The van der Waals surface area contributed by atoms with E-state index in [9.17, 15) is 15.3 Å². The van der Waals surface area contributed by atoms with E-state index >= 15 is 0 Å². The highest BCUT2D eigenvalue weighted by Gasteiger charge is 2.44. The first kappa shape index (κ1) is 26.1. The molecule has 4 atom stereocenters. The van der Waals surface area contributed by atoms with E-state index in [4.69, 9.17) is 9.84 Å². The van der Waals surface area contributed by atoms with E-state index in [0.717, 1.165) is 37.1 Å². The highest BCUT2D eigenvalue weighted by Crippen LogP contribution is 2.42. The third kappa shape index (κ3) is 5.26. The normalized spacial score (nSPS) is 31.3. The van der Waals surface area contributed by atoms with E-state index in [-0.39, 0.29) is 10.8 Å². The number of aliphatic hydroxyl groups is 3. The molecule has 2 heterocycles. The zero-order valence-corrected chi connectivity index (χ0v) is 22.1. The largest absolute Gasteiger partial charge is 0.385 e. The number of allylic oxidation sites excluding steroid dienone is 6. The van der Waals surface area contributed by atoms with Crippen molar-refractivity contribution in [1.29, 1.82) is 0 Å². The Morgan fingerprint density at radius 2 is 1.40 bits per heavy atom. The molecule has 0 spiro atoms. The molecular weight excluding hydrogens is 440 g/mol. The van der Waals surface area contributed by atoms with Crippen LogP contribution in [0.4, 0.5) is 0 Å². The van der Waals surface area contributed by atoms with Crippen LogP contribution in [0.25, 0.3) is 12.2 Å². The molecule has 0 amide bonds. The number of rotatable bonds is 5. The summed E-state index contributed by atoms with van der Waals surface area (Å²) in [4.78, 5) is 0. The zero-order chi connectivity index (χ0) is 25.5. The molecule has 3 aliphatic rings. The molecule has 6 nitrogen and oxygen atoms in total. The van der Waals surface area contributed by atoms with Crippen LogP contribution in [0.3, 0.4) is 0 Å². The average molecular weight is 483 g/mol. The van der Waals surface area contributed by atoms with Crippen LogP contribution in [0.1, 0.15) is 97.7 Å². The van der Waals surface area contributed by atoms with Crippen molar-refractivity contribution in [2.45, 2.75) is 105 Å². The van der Waals surface area contributed by atoms with E-state index in [2.05, 4.69) is 53.7 Å². The van der Waals surface area contributed by atoms with Gasteiger partial charge in [-0.2, -0.15) is 5.10 Å². The summed E-state index contributed by atoms with van der Waals surface area (Å²) in [6.07, 6.45) is 10.2. The fourth-order valence-electron chi connectivity index (χ4n) is 6.04. The molecule has 3 N–H and O–H groups in total. The average Bonchev–Trinajstić information content (AvgIpc) is 3.27. The summed E-state index contributed by atoms with van der Waals surface area (Å²) in [7, 11) is 0. The quantitative estimate of drug-likeness (QED) is 0.513. The zero-order valence-electron chi connectivity index (χ0n) is 22.1. The third-order valence-corrected chi connectivity index (χ3v) is 8.16. The molecule has 192 valence electrons. The minimum absolute atomic E-state index is 0.0960. The van der Waals surface area contributed by atoms with E-state index in [1.165, 1.54) is 35.1 Å². The van der Waals surface area contributed by atoms with E-state index < -0.39 is 24.7 Å². The molecule has 35 heavy (non-hydrogen) atoms. The Hall–Kier alpha value is -1.99. The van der Waals surface area contributed by atoms with Gasteiger partial charge in [0.05, 0.1) is 11.4 Å². The maximum absolute atomic E-state index is 10.5. The van der Waals surface area contributed by atoms with Crippen molar-refractivity contribution in [1.82, 2.24) is 9.78 Å². The summed E-state index contributed by atoms with van der Waals surface area (Å²) in [5.74, 6) is 0. The predicted molar refractivity (Wildman–Crippen MR) is 139 cm³/mol. The standard InChI is InChI=1S/C29H42N2O4/c1-18-9-7-15-28(3,4)22(18)13-11-20-17-21(12-14-23-19(2)10-8-16-29(23,5)6)31(30-20)26-24(32)25(33)27(34)35-26/h11-14,17,24-27,32-34H,7-10,15-16H2,1-6H3/b13-11+,14-12+. The summed E-state index contributed by atoms with van der Waals surface area (Å²) in [6, 6.07) is 1.97. The van der Waals surface area contributed by atoms with Crippen LogP contribution >= 0.6 is 0 Å². The molecule has 1 aromatic heterocycles. The lowest BCUT2D eigenvalue weighted by molar-refractivity contribution is -0.144. The number of hydrogen-bond donors (Lipinski definition) is 3. The lowest BCUT2D eigenvalue weighted by Gasteiger charge is -2.33. The number of aromatic nitrogens is 2. The van der Waals surface area contributed by atoms with Gasteiger partial charge in [0.1, 0.15) is 12.2 Å². The molecule has 0 bridgehead atoms. The Bertz CT molecular complexity index is 1070. The van der Waals surface area contributed by atoms with Crippen LogP contribution in [0.2, 0.25) is 0 Å². The van der Waals surface area contributed by atoms with Crippen LogP contribution in [0.5, 0.6) is 0 Å². The minimum Gasteiger partial charge on any atom is -0.385 e. The van der Waals surface area contributed by atoms with Crippen molar-refractivity contribution in [3.05, 3.63) is 51.9 Å². The van der Waals surface area contributed by atoms with Crippen molar-refractivity contribution in [3.8, 4) is 0 Å². The first-order chi connectivity index (χ1) is 16.4. The fraction of sp³-hybridized carbons (Fsp3) is 0.621. The van der Waals surface area contributed by atoms with E-state index in [0.29, 0.717) is 0 Å². The Labute approximate surface area is 209 Å². The molecule has 0 saturated carbocycles. The van der Waals surface area contributed by atoms with Crippen molar-refractivity contribution >= 4 is 12.2 Å². The summed E-state index contributed by atoms with van der Waals surface area (Å²) >= 11 is 0. The lowest BCUT2D eigenvalue weighted by atomic mass is 9.72. The van der Waals surface area contributed by atoms with Gasteiger partial charge >= 0.3 is 0 Å². The Kier molecular flexibility index (Phi) is 7.31. The van der Waals surface area contributed by atoms with E-state index in [1.54, 1.807) is 4.68 Å². The highest BCUT2D eigenvalue weighted by molar-refractivity contribution is 5.58. The number of aliphatic hydroxyl groups excluding tert-OH is 3. The van der Waals surface area contributed by atoms with Crippen molar-refractivity contribution in [3.63, 3.8) is 0 Å². The second-order valence-corrected chi connectivity index (χ2v) is 11.9. The lowest BCUT2D eigenvalue weighted by Crippen LogP contribution is -2.31. The monoisotopic (exact) mass is 482 g/mol. The maximum Gasteiger partial charge on any atom is 0.186 e. The van der Waals surface area contributed by atoms with Crippen molar-refractivity contribution in [2.75, 3.05) is 0 Å². The molecule has 0 radical (unpaired) electrons. The van der Waals surface area contributed by atoms with Gasteiger partial charge in [-0.25, -0.2) is 4.68 Å². The van der Waals surface area contributed by atoms with Crippen LogP contribution in [0.15, 0.2) is 40.5 Å². The topological polar surface area (TPSA) is 87.7 Å². The van der Waals surface area contributed by atoms with Gasteiger partial charge in [0.25, 0.3) is 0 Å². The van der Waals surface area contributed by atoms with Crippen LogP contribution in [-0.4, -0.2) is 43.6 Å². The van der Waals surface area contributed by atoms with Gasteiger partial charge in [0.15, 0.2) is 12.5 Å². The molecular formula is C29H42N2O4. The van der Waals surface area contributed by atoms with Crippen LogP contribution < -0.4 is 0 Å². The van der Waals surface area contributed by atoms with Gasteiger partial charge in [-0.3, -0.25) is 0 Å². The van der Waals surface area contributed by atoms with E-state index in [1.807, 2.05) is 18.2 Å². The molecule has 4 unspecified atom stereocenters. The highest BCUT2D eigenvalue weighted by atomic mass is 16.7. The first-order valence-electron chi connectivity index (χ1n) is 13.0. The Balaban J connectivity index is 1.71. The van der Waals surface area contributed by atoms with Gasteiger partial charge in [-0.05, 0) is 92.6 Å². The molecule has 1 aliphatic heterocycles. The summed E-state index contributed by atoms with van der Waals surface area (Å²) in [6.45, 7) is 13.5. The van der Waals surface area contributed by atoms with Gasteiger partial charge in [0, 0.05) is 0 Å². The third-order valence-electron chi connectivity index (χ3n) is 8.16. The molecule has 4 rings (SSSR count). The van der Waals surface area contributed by atoms with Crippen LogP contribution in [0, 0.1) is 10.8 Å². The Morgan fingerprint density at radius 3 is 1.89 bits per heavy atom. The number of ether oxygens (including phenoxy) is 1.